The molecule has 0 aliphatic heterocycles. The molecule has 0 unspecified atom stereocenters. The third-order valence-corrected chi connectivity index (χ3v) is 2.64. The molecule has 0 radical (unpaired) electrons. The molecular weight excluding hydrogens is 236 g/mol. The molecule has 17 heavy (non-hydrogen) atoms. The highest BCUT2D eigenvalue weighted by Crippen LogP contribution is 2.22. The number of nitrogens with two attached hydrogens (primary N) is 1. The molecule has 0 saturated heterocycles. The molecular formula is C12H15ClN4. The van der Waals surface area contributed by atoms with Crippen LogP contribution in [0, 0.1) is 0 Å². The van der Waals surface area contributed by atoms with E-state index in [1.165, 1.54) is 6.33 Å². The zero-order chi connectivity index (χ0) is 12.5. The fourth-order valence-corrected chi connectivity index (χ4v) is 1.99. The van der Waals surface area contributed by atoms with Crippen molar-refractivity contribution in [1.82, 2.24) is 14.8 Å². The number of aromatic nitrogens is 3. The summed E-state index contributed by atoms with van der Waals surface area (Å²) in [5, 5.41) is 4.70. The second-order valence-corrected chi connectivity index (χ2v) is 5.20. The Morgan fingerprint density at radius 2 is 2.18 bits per heavy atom. The fourth-order valence-electron chi connectivity index (χ4n) is 1.70. The van der Waals surface area contributed by atoms with Gasteiger partial charge < -0.3 is 5.73 Å². The van der Waals surface area contributed by atoms with Gasteiger partial charge in [0.25, 0.3) is 0 Å². The molecule has 2 rings (SSSR count). The molecule has 0 fully saturated rings. The Bertz CT molecular complexity index is 500. The van der Waals surface area contributed by atoms with Crippen molar-refractivity contribution in [3.63, 3.8) is 0 Å². The molecule has 1 aromatic carbocycles. The summed E-state index contributed by atoms with van der Waals surface area (Å²) < 4.78 is 1.64. The predicted octanol–water partition coefficient (Wildman–Crippen LogP) is 2.20. The van der Waals surface area contributed by atoms with Crippen LogP contribution in [0.3, 0.4) is 0 Å². The zero-order valence-electron chi connectivity index (χ0n) is 9.89. The van der Waals surface area contributed by atoms with Gasteiger partial charge in [0.1, 0.15) is 12.7 Å². The molecule has 1 aromatic heterocycles. The smallest absolute Gasteiger partial charge is 0.138 e. The van der Waals surface area contributed by atoms with Gasteiger partial charge in [0.2, 0.25) is 0 Å². The molecule has 0 spiro atoms. The summed E-state index contributed by atoms with van der Waals surface area (Å²) in [6.07, 6.45) is 3.88. The van der Waals surface area contributed by atoms with Crippen LogP contribution >= 0.6 is 11.6 Å². The number of hydrogen-bond acceptors (Lipinski definition) is 3. The van der Waals surface area contributed by atoms with Crippen molar-refractivity contribution in [2.24, 2.45) is 5.73 Å². The largest absolute Gasteiger partial charge is 0.325 e. The second kappa shape index (κ2) is 4.47. The Morgan fingerprint density at radius 1 is 1.41 bits per heavy atom. The molecule has 0 saturated carbocycles. The van der Waals surface area contributed by atoms with E-state index in [2.05, 4.69) is 10.1 Å². The van der Waals surface area contributed by atoms with Gasteiger partial charge in [-0.2, -0.15) is 5.10 Å². The third-order valence-electron chi connectivity index (χ3n) is 2.34. The maximum Gasteiger partial charge on any atom is 0.138 e. The van der Waals surface area contributed by atoms with E-state index in [4.69, 9.17) is 17.3 Å². The average molecular weight is 251 g/mol. The summed E-state index contributed by atoms with van der Waals surface area (Å²) in [4.78, 5) is 3.89. The molecule has 0 aliphatic carbocycles. The summed E-state index contributed by atoms with van der Waals surface area (Å²) in [5.41, 5.74) is 7.68. The van der Waals surface area contributed by atoms with Gasteiger partial charge in [-0.3, -0.25) is 0 Å². The lowest BCUT2D eigenvalue weighted by molar-refractivity contribution is 0.517. The summed E-state index contributed by atoms with van der Waals surface area (Å²) in [6, 6.07) is 5.86. The molecule has 90 valence electrons. The summed E-state index contributed by atoms with van der Waals surface area (Å²) in [7, 11) is 0. The van der Waals surface area contributed by atoms with Crippen LogP contribution in [0.5, 0.6) is 0 Å². The van der Waals surface area contributed by atoms with Gasteiger partial charge in [-0.15, -0.1) is 0 Å². The van der Waals surface area contributed by atoms with E-state index >= 15 is 0 Å². The van der Waals surface area contributed by atoms with Crippen molar-refractivity contribution in [3.05, 3.63) is 41.4 Å². The van der Waals surface area contributed by atoms with Crippen LogP contribution in [0.1, 0.15) is 19.4 Å². The SMILES string of the molecule is CC(C)(N)Cc1ccc(-n2cncn2)c(Cl)c1. The van der Waals surface area contributed by atoms with Crippen LogP contribution in [-0.4, -0.2) is 20.3 Å². The Labute approximate surface area is 105 Å². The zero-order valence-corrected chi connectivity index (χ0v) is 10.6. The first-order valence-electron chi connectivity index (χ1n) is 5.38. The molecule has 0 aliphatic rings. The van der Waals surface area contributed by atoms with Crippen LogP contribution in [0.15, 0.2) is 30.9 Å². The number of nitrogens with zero attached hydrogens (tertiary/aromatic N) is 3. The Balaban J connectivity index is 2.30. The van der Waals surface area contributed by atoms with E-state index in [0.29, 0.717) is 5.02 Å². The highest BCUT2D eigenvalue weighted by molar-refractivity contribution is 6.32. The average Bonchev–Trinajstić information content (AvgIpc) is 2.68. The van der Waals surface area contributed by atoms with Crippen molar-refractivity contribution in [2.75, 3.05) is 0 Å². The minimum atomic E-state index is -0.238. The van der Waals surface area contributed by atoms with Crippen molar-refractivity contribution in [2.45, 2.75) is 25.8 Å². The van der Waals surface area contributed by atoms with Crippen molar-refractivity contribution < 1.29 is 0 Å². The minimum Gasteiger partial charge on any atom is -0.325 e. The van der Waals surface area contributed by atoms with Gasteiger partial charge >= 0.3 is 0 Å². The van der Waals surface area contributed by atoms with Crippen LogP contribution in [0.25, 0.3) is 5.69 Å². The molecule has 2 N–H and O–H groups in total. The second-order valence-electron chi connectivity index (χ2n) is 4.79. The molecule has 0 atom stereocenters. The van der Waals surface area contributed by atoms with Crippen molar-refractivity contribution >= 4 is 11.6 Å². The van der Waals surface area contributed by atoms with Gasteiger partial charge in [-0.05, 0) is 38.0 Å². The van der Waals surface area contributed by atoms with Gasteiger partial charge in [0.05, 0.1) is 10.7 Å². The molecule has 0 amide bonds. The van der Waals surface area contributed by atoms with Crippen LogP contribution in [-0.2, 0) is 6.42 Å². The van der Waals surface area contributed by atoms with E-state index in [1.807, 2.05) is 32.0 Å². The maximum absolute atomic E-state index is 6.22. The number of benzene rings is 1. The summed E-state index contributed by atoms with van der Waals surface area (Å²) >= 11 is 6.22. The Hall–Kier alpha value is -1.39. The number of halogens is 1. The molecule has 5 heteroatoms. The molecule has 4 nitrogen and oxygen atoms in total. The Kier molecular flexibility index (Phi) is 3.17. The monoisotopic (exact) mass is 250 g/mol. The number of hydrogen-bond donors (Lipinski definition) is 1. The molecule has 1 heterocycles. The summed E-state index contributed by atoms with van der Waals surface area (Å²) in [5.74, 6) is 0. The highest BCUT2D eigenvalue weighted by Gasteiger charge is 2.13. The quantitative estimate of drug-likeness (QED) is 0.909. The van der Waals surface area contributed by atoms with E-state index in [1.54, 1.807) is 11.0 Å². The van der Waals surface area contributed by atoms with Gasteiger partial charge in [-0.1, -0.05) is 17.7 Å². The lowest BCUT2D eigenvalue weighted by atomic mass is 9.96. The number of rotatable bonds is 3. The maximum atomic E-state index is 6.22. The van der Waals surface area contributed by atoms with E-state index < -0.39 is 0 Å². The lowest BCUT2D eigenvalue weighted by Crippen LogP contribution is -2.34. The Morgan fingerprint density at radius 3 is 2.71 bits per heavy atom. The van der Waals surface area contributed by atoms with Gasteiger partial charge in [0.15, 0.2) is 0 Å². The fraction of sp³-hybridized carbons (Fsp3) is 0.333. The highest BCUT2D eigenvalue weighted by atomic mass is 35.5. The molecule has 0 bridgehead atoms. The van der Waals surface area contributed by atoms with Crippen LogP contribution in [0.4, 0.5) is 0 Å². The van der Waals surface area contributed by atoms with E-state index in [9.17, 15) is 0 Å². The predicted molar refractivity (Wildman–Crippen MR) is 68.3 cm³/mol. The summed E-state index contributed by atoms with van der Waals surface area (Å²) in [6.45, 7) is 3.98. The van der Waals surface area contributed by atoms with Crippen LogP contribution in [0.2, 0.25) is 5.02 Å². The minimum absolute atomic E-state index is 0.238. The normalized spacial score (nSPS) is 11.8. The van der Waals surface area contributed by atoms with Crippen molar-refractivity contribution in [3.8, 4) is 5.69 Å². The van der Waals surface area contributed by atoms with Crippen LogP contribution < -0.4 is 5.73 Å². The first-order valence-corrected chi connectivity index (χ1v) is 5.76. The molecule has 2 aromatic rings. The van der Waals surface area contributed by atoms with E-state index in [-0.39, 0.29) is 5.54 Å². The first-order chi connectivity index (χ1) is 7.96. The first kappa shape index (κ1) is 12.1. The lowest BCUT2D eigenvalue weighted by Gasteiger charge is -2.18. The van der Waals surface area contributed by atoms with Crippen molar-refractivity contribution in [1.29, 1.82) is 0 Å². The third kappa shape index (κ3) is 3.05. The van der Waals surface area contributed by atoms with Gasteiger partial charge in [0, 0.05) is 5.54 Å². The van der Waals surface area contributed by atoms with E-state index in [0.717, 1.165) is 17.7 Å². The standard InChI is InChI=1S/C12H15ClN4/c1-12(2,14)6-9-3-4-11(10(13)5-9)17-8-15-7-16-17/h3-5,7-8H,6,14H2,1-2H3. The topological polar surface area (TPSA) is 56.7 Å². The van der Waals surface area contributed by atoms with Gasteiger partial charge in [-0.25, -0.2) is 9.67 Å².